The molecule has 5 rings (SSSR count). The number of halogens is 1. The number of hydrogen-bond donors (Lipinski definition) is 1. The highest BCUT2D eigenvalue weighted by Crippen LogP contribution is 2.45. The summed E-state index contributed by atoms with van der Waals surface area (Å²) in [6.07, 6.45) is 4.63. The number of benzene rings is 2. The number of rotatable bonds is 6. The molecule has 196 valence electrons. The highest BCUT2D eigenvalue weighted by atomic mass is 35.5. The van der Waals surface area contributed by atoms with Gasteiger partial charge in [0.1, 0.15) is 10.8 Å². The number of thiophene rings is 1. The summed E-state index contributed by atoms with van der Waals surface area (Å²) in [5.74, 6) is 1.09. The van der Waals surface area contributed by atoms with Crippen LogP contribution in [0.3, 0.4) is 0 Å². The summed E-state index contributed by atoms with van der Waals surface area (Å²) in [7, 11) is 0. The molecule has 7 heteroatoms. The van der Waals surface area contributed by atoms with Gasteiger partial charge in [0.05, 0.1) is 11.8 Å². The van der Waals surface area contributed by atoms with Crippen molar-refractivity contribution in [1.29, 1.82) is 0 Å². The Kier molecular flexibility index (Phi) is 7.85. The van der Waals surface area contributed by atoms with Crippen molar-refractivity contribution in [2.75, 3.05) is 5.32 Å². The Balaban J connectivity index is 1.41. The monoisotopic (exact) mass is 562 g/mol. The van der Waals surface area contributed by atoms with Crippen LogP contribution in [0.1, 0.15) is 59.3 Å². The van der Waals surface area contributed by atoms with E-state index in [-0.39, 0.29) is 11.3 Å². The molecule has 0 fully saturated rings. The molecule has 1 aliphatic rings. The van der Waals surface area contributed by atoms with E-state index in [0.29, 0.717) is 28.0 Å². The molecule has 2 aromatic carbocycles. The Labute approximate surface area is 237 Å². The van der Waals surface area contributed by atoms with Gasteiger partial charge in [-0.15, -0.1) is 11.3 Å². The SMILES string of the molecule is Cc1ccc(Sc2ccc(C=Nc3sc4c(c3C(=O)Nc3ccc(Cl)cc3)CC[C@@H](C(C)(C)C)C4)o2)cc1. The second kappa shape index (κ2) is 11.1. The minimum Gasteiger partial charge on any atom is -0.449 e. The van der Waals surface area contributed by atoms with E-state index in [4.69, 9.17) is 21.0 Å². The number of carbonyl (C=O) groups excluding carboxylic acids is 1. The van der Waals surface area contributed by atoms with Crippen LogP contribution in [0.5, 0.6) is 0 Å². The van der Waals surface area contributed by atoms with Crippen LogP contribution < -0.4 is 5.32 Å². The number of aliphatic imine (C=N–C) groups is 1. The average molecular weight is 563 g/mol. The molecule has 38 heavy (non-hydrogen) atoms. The minimum absolute atomic E-state index is 0.138. The predicted molar refractivity (Wildman–Crippen MR) is 160 cm³/mol. The zero-order chi connectivity index (χ0) is 26.9. The van der Waals surface area contributed by atoms with Gasteiger partial charge in [-0.3, -0.25) is 4.79 Å². The fraction of sp³-hybridized carbons (Fsp3) is 0.290. The van der Waals surface area contributed by atoms with Crippen molar-refractivity contribution in [3.63, 3.8) is 0 Å². The lowest BCUT2D eigenvalue weighted by Crippen LogP contribution is -2.27. The van der Waals surface area contributed by atoms with Gasteiger partial charge in [-0.1, -0.05) is 61.8 Å². The number of aryl methyl sites for hydroxylation is 1. The third-order valence-electron chi connectivity index (χ3n) is 6.95. The fourth-order valence-electron chi connectivity index (χ4n) is 4.67. The van der Waals surface area contributed by atoms with E-state index in [2.05, 4.69) is 57.3 Å². The zero-order valence-electron chi connectivity index (χ0n) is 22.0. The van der Waals surface area contributed by atoms with Crippen LogP contribution in [0.4, 0.5) is 10.7 Å². The molecule has 0 saturated carbocycles. The van der Waals surface area contributed by atoms with Gasteiger partial charge >= 0.3 is 0 Å². The summed E-state index contributed by atoms with van der Waals surface area (Å²) in [6, 6.07) is 19.4. The first kappa shape index (κ1) is 26.8. The number of nitrogens with zero attached hydrogens (tertiary/aromatic N) is 1. The highest BCUT2D eigenvalue weighted by molar-refractivity contribution is 7.99. The van der Waals surface area contributed by atoms with E-state index in [1.54, 1.807) is 41.4 Å². The van der Waals surface area contributed by atoms with Gasteiger partial charge in [0, 0.05) is 20.5 Å². The van der Waals surface area contributed by atoms with Crippen molar-refractivity contribution in [2.45, 2.75) is 56.9 Å². The average Bonchev–Trinajstić information content (AvgIpc) is 3.48. The van der Waals surface area contributed by atoms with Gasteiger partial charge in [0.15, 0.2) is 5.09 Å². The Morgan fingerprint density at radius 1 is 1.11 bits per heavy atom. The second-order valence-electron chi connectivity index (χ2n) is 10.8. The Morgan fingerprint density at radius 3 is 2.55 bits per heavy atom. The molecule has 1 amide bonds. The smallest absolute Gasteiger partial charge is 0.259 e. The van der Waals surface area contributed by atoms with Gasteiger partial charge in [-0.2, -0.15) is 0 Å². The standard InChI is InChI=1S/C31H31ClN2O2S2/c1-19-5-13-24(14-6-19)37-27-16-12-23(36-27)18-33-30-28(29(35)34-22-10-8-21(32)9-11-22)25-15-7-20(31(2,3)4)17-26(25)38-30/h5-6,8-14,16,18,20H,7,15,17H2,1-4H3,(H,34,35)/t20-/m1/s1. The largest absolute Gasteiger partial charge is 0.449 e. The van der Waals surface area contributed by atoms with Crippen molar-refractivity contribution >= 4 is 57.5 Å². The van der Waals surface area contributed by atoms with Gasteiger partial charge < -0.3 is 9.73 Å². The first-order chi connectivity index (χ1) is 18.2. The van der Waals surface area contributed by atoms with Crippen molar-refractivity contribution in [1.82, 2.24) is 0 Å². The molecule has 0 aliphatic heterocycles. The number of anilines is 1. The van der Waals surface area contributed by atoms with Crippen LogP contribution in [0.15, 0.2) is 80.1 Å². The molecular weight excluding hydrogens is 532 g/mol. The topological polar surface area (TPSA) is 54.6 Å². The van der Waals surface area contributed by atoms with Gasteiger partial charge in [-0.05, 0) is 91.6 Å². The van der Waals surface area contributed by atoms with Gasteiger partial charge in [0.25, 0.3) is 5.91 Å². The predicted octanol–water partition coefficient (Wildman–Crippen LogP) is 9.61. The second-order valence-corrected chi connectivity index (χ2v) is 13.4. The summed E-state index contributed by atoms with van der Waals surface area (Å²) in [5, 5.41) is 5.20. The minimum atomic E-state index is -0.138. The summed E-state index contributed by atoms with van der Waals surface area (Å²) in [6.45, 7) is 8.97. The number of carbonyl (C=O) groups is 1. The van der Waals surface area contributed by atoms with Crippen LogP contribution in [-0.2, 0) is 12.8 Å². The lowest BCUT2D eigenvalue weighted by molar-refractivity contribution is 0.102. The highest BCUT2D eigenvalue weighted by Gasteiger charge is 2.33. The van der Waals surface area contributed by atoms with Crippen molar-refractivity contribution in [3.8, 4) is 0 Å². The molecular formula is C31H31ClN2O2S2. The van der Waals surface area contributed by atoms with E-state index in [9.17, 15) is 4.79 Å². The van der Waals surface area contributed by atoms with Crippen molar-refractivity contribution in [2.24, 2.45) is 16.3 Å². The molecule has 0 saturated heterocycles. The molecule has 2 aromatic heterocycles. The van der Waals surface area contributed by atoms with Crippen LogP contribution >= 0.6 is 34.7 Å². The molecule has 4 nitrogen and oxygen atoms in total. The van der Waals surface area contributed by atoms with E-state index < -0.39 is 0 Å². The van der Waals surface area contributed by atoms with E-state index >= 15 is 0 Å². The van der Waals surface area contributed by atoms with Gasteiger partial charge in [0.2, 0.25) is 0 Å². The summed E-state index contributed by atoms with van der Waals surface area (Å²) in [4.78, 5) is 20.7. The molecule has 4 aromatic rings. The normalized spacial score (nSPS) is 15.6. The first-order valence-corrected chi connectivity index (χ1v) is 14.8. The maximum absolute atomic E-state index is 13.5. The van der Waals surface area contributed by atoms with Crippen LogP contribution in [0.2, 0.25) is 5.02 Å². The van der Waals surface area contributed by atoms with Crippen LogP contribution in [-0.4, -0.2) is 12.1 Å². The lowest BCUT2D eigenvalue weighted by atomic mass is 9.72. The molecule has 1 N–H and O–H groups in total. The molecule has 0 radical (unpaired) electrons. The quantitative estimate of drug-likeness (QED) is 0.238. The number of amides is 1. The molecule has 0 unspecified atom stereocenters. The van der Waals surface area contributed by atoms with Crippen molar-refractivity contribution < 1.29 is 9.21 Å². The number of furan rings is 1. The molecule has 0 spiro atoms. The number of fused-ring (bicyclic) bond motifs is 1. The Morgan fingerprint density at radius 2 is 1.84 bits per heavy atom. The molecule has 2 heterocycles. The fourth-order valence-corrected chi connectivity index (χ4v) is 6.84. The maximum atomic E-state index is 13.5. The van der Waals surface area contributed by atoms with Gasteiger partial charge in [-0.25, -0.2) is 4.99 Å². The van der Waals surface area contributed by atoms with E-state index in [0.717, 1.165) is 39.8 Å². The van der Waals surface area contributed by atoms with Crippen molar-refractivity contribution in [3.05, 3.63) is 93.0 Å². The third-order valence-corrected chi connectivity index (χ3v) is 9.29. The molecule has 1 atom stereocenters. The van der Waals surface area contributed by atoms with E-state index in [1.165, 1.54) is 10.4 Å². The summed E-state index contributed by atoms with van der Waals surface area (Å²) in [5.41, 5.74) is 3.95. The summed E-state index contributed by atoms with van der Waals surface area (Å²) >= 11 is 9.23. The van der Waals surface area contributed by atoms with Crippen LogP contribution in [0, 0.1) is 18.3 Å². The Hall–Kier alpha value is -2.80. The third kappa shape index (κ3) is 6.25. The summed E-state index contributed by atoms with van der Waals surface area (Å²) < 4.78 is 6.02. The maximum Gasteiger partial charge on any atom is 0.259 e. The zero-order valence-corrected chi connectivity index (χ0v) is 24.4. The Bertz CT molecular complexity index is 1460. The first-order valence-electron chi connectivity index (χ1n) is 12.8. The number of nitrogens with one attached hydrogen (secondary N) is 1. The molecule has 0 bridgehead atoms. The lowest BCUT2D eigenvalue weighted by Gasteiger charge is -2.33. The van der Waals surface area contributed by atoms with E-state index in [1.807, 2.05) is 24.3 Å². The number of hydrogen-bond acceptors (Lipinski definition) is 5. The van der Waals surface area contributed by atoms with Crippen LogP contribution in [0.25, 0.3) is 0 Å². The molecule has 1 aliphatic carbocycles.